The average molecular weight is 416 g/mol. The lowest BCUT2D eigenvalue weighted by Crippen LogP contribution is -2.33. The Bertz CT molecular complexity index is 1110. The zero-order valence-corrected chi connectivity index (χ0v) is 17.0. The summed E-state index contributed by atoms with van der Waals surface area (Å²) in [5, 5.41) is 2.61. The van der Waals surface area contributed by atoms with Gasteiger partial charge in [0, 0.05) is 36.7 Å². The Hall–Kier alpha value is -3.04. The van der Waals surface area contributed by atoms with Crippen LogP contribution in [0, 0.1) is 5.82 Å². The summed E-state index contributed by atoms with van der Waals surface area (Å²) in [4.78, 5) is 16.4. The van der Waals surface area contributed by atoms with Crippen molar-refractivity contribution < 1.29 is 17.6 Å². The smallest absolute Gasteiger partial charge is 0.255 e. The highest BCUT2D eigenvalue weighted by molar-refractivity contribution is 7.89. The maximum atomic E-state index is 14.3. The minimum atomic E-state index is -3.63. The molecule has 1 heterocycles. The largest absolute Gasteiger partial charge is 0.322 e. The SMILES string of the molecule is CC(C)N(C)S(=O)(=O)c1ccc(C(=O)Nc2ccc(-n3ccnc3)c(F)c2)cc1. The topological polar surface area (TPSA) is 84.3 Å². The summed E-state index contributed by atoms with van der Waals surface area (Å²) in [5.41, 5.74) is 0.854. The van der Waals surface area contributed by atoms with Crippen LogP contribution in [0.1, 0.15) is 24.2 Å². The quantitative estimate of drug-likeness (QED) is 0.668. The average Bonchev–Trinajstić information content (AvgIpc) is 3.22. The van der Waals surface area contributed by atoms with Gasteiger partial charge in [-0.1, -0.05) is 0 Å². The predicted molar refractivity (Wildman–Crippen MR) is 108 cm³/mol. The first-order valence-electron chi connectivity index (χ1n) is 8.87. The molecule has 1 N–H and O–H groups in total. The number of sulfonamides is 1. The summed E-state index contributed by atoms with van der Waals surface area (Å²) in [6, 6.07) is 9.74. The lowest BCUT2D eigenvalue weighted by molar-refractivity contribution is 0.102. The number of carbonyl (C=O) groups excluding carboxylic acids is 1. The number of halogens is 1. The van der Waals surface area contributed by atoms with E-state index in [9.17, 15) is 17.6 Å². The highest BCUT2D eigenvalue weighted by Gasteiger charge is 2.23. The first kappa shape index (κ1) is 20.7. The summed E-state index contributed by atoms with van der Waals surface area (Å²) in [6.07, 6.45) is 4.63. The highest BCUT2D eigenvalue weighted by atomic mass is 32.2. The Labute approximate surface area is 168 Å². The fourth-order valence-electron chi connectivity index (χ4n) is 2.62. The Morgan fingerprint density at radius 3 is 2.41 bits per heavy atom. The second-order valence-electron chi connectivity index (χ2n) is 6.73. The Balaban J connectivity index is 1.75. The normalized spacial score (nSPS) is 11.8. The molecule has 0 saturated carbocycles. The zero-order valence-electron chi connectivity index (χ0n) is 16.2. The number of amides is 1. The van der Waals surface area contributed by atoms with Gasteiger partial charge >= 0.3 is 0 Å². The minimum absolute atomic E-state index is 0.0981. The molecular weight excluding hydrogens is 395 g/mol. The maximum Gasteiger partial charge on any atom is 0.255 e. The van der Waals surface area contributed by atoms with Crippen molar-refractivity contribution in [1.29, 1.82) is 0 Å². The number of anilines is 1. The summed E-state index contributed by atoms with van der Waals surface area (Å²) in [6.45, 7) is 3.55. The second-order valence-corrected chi connectivity index (χ2v) is 8.73. The van der Waals surface area contributed by atoms with E-state index in [1.54, 1.807) is 26.1 Å². The molecule has 0 fully saturated rings. The van der Waals surface area contributed by atoms with E-state index in [1.165, 1.54) is 64.8 Å². The van der Waals surface area contributed by atoms with E-state index in [-0.39, 0.29) is 22.2 Å². The molecule has 0 bridgehead atoms. The van der Waals surface area contributed by atoms with E-state index < -0.39 is 21.7 Å². The number of carbonyl (C=O) groups is 1. The number of benzene rings is 2. The lowest BCUT2D eigenvalue weighted by atomic mass is 10.2. The van der Waals surface area contributed by atoms with Gasteiger partial charge in [-0.3, -0.25) is 4.79 Å². The van der Waals surface area contributed by atoms with Crippen molar-refractivity contribution >= 4 is 21.6 Å². The number of hydrogen-bond donors (Lipinski definition) is 1. The molecule has 7 nitrogen and oxygen atoms in total. The van der Waals surface area contributed by atoms with Crippen LogP contribution in [0.3, 0.4) is 0 Å². The Kier molecular flexibility index (Phi) is 5.81. The molecular formula is C20H21FN4O3S. The zero-order chi connectivity index (χ0) is 21.2. The number of rotatable bonds is 6. The van der Waals surface area contributed by atoms with Crippen molar-refractivity contribution in [1.82, 2.24) is 13.9 Å². The number of nitrogens with one attached hydrogen (secondary N) is 1. The van der Waals surface area contributed by atoms with Gasteiger partial charge in [0.05, 0.1) is 16.9 Å². The minimum Gasteiger partial charge on any atom is -0.322 e. The lowest BCUT2D eigenvalue weighted by Gasteiger charge is -2.21. The van der Waals surface area contributed by atoms with Gasteiger partial charge < -0.3 is 9.88 Å². The van der Waals surface area contributed by atoms with Crippen LogP contribution in [0.4, 0.5) is 10.1 Å². The van der Waals surface area contributed by atoms with Crippen LogP contribution in [0.25, 0.3) is 5.69 Å². The van der Waals surface area contributed by atoms with Crippen molar-refractivity contribution in [2.45, 2.75) is 24.8 Å². The van der Waals surface area contributed by atoms with Gasteiger partial charge in [-0.25, -0.2) is 17.8 Å². The van der Waals surface area contributed by atoms with Crippen molar-refractivity contribution in [3.05, 3.63) is 72.6 Å². The van der Waals surface area contributed by atoms with Gasteiger partial charge in [-0.2, -0.15) is 4.31 Å². The van der Waals surface area contributed by atoms with Gasteiger partial charge in [0.2, 0.25) is 10.0 Å². The third-order valence-corrected chi connectivity index (χ3v) is 6.56. The number of imidazole rings is 1. The number of nitrogens with zero attached hydrogens (tertiary/aromatic N) is 3. The fraction of sp³-hybridized carbons (Fsp3) is 0.200. The van der Waals surface area contributed by atoms with Crippen molar-refractivity contribution in [2.75, 3.05) is 12.4 Å². The Morgan fingerprint density at radius 1 is 1.17 bits per heavy atom. The molecule has 0 radical (unpaired) electrons. The molecule has 0 spiro atoms. The molecule has 2 aromatic carbocycles. The summed E-state index contributed by atoms with van der Waals surface area (Å²) >= 11 is 0. The first-order valence-corrected chi connectivity index (χ1v) is 10.3. The van der Waals surface area contributed by atoms with Crippen molar-refractivity contribution in [3.63, 3.8) is 0 Å². The maximum absolute atomic E-state index is 14.3. The highest BCUT2D eigenvalue weighted by Crippen LogP contribution is 2.20. The third-order valence-electron chi connectivity index (χ3n) is 4.51. The van der Waals surface area contributed by atoms with Crippen molar-refractivity contribution in [2.24, 2.45) is 0 Å². The van der Waals surface area contributed by atoms with Gasteiger partial charge in [0.15, 0.2) is 0 Å². The van der Waals surface area contributed by atoms with Gasteiger partial charge in [-0.05, 0) is 56.3 Å². The molecule has 0 unspecified atom stereocenters. The molecule has 3 aromatic rings. The van der Waals surface area contributed by atoms with Crippen LogP contribution >= 0.6 is 0 Å². The first-order chi connectivity index (χ1) is 13.7. The number of hydrogen-bond acceptors (Lipinski definition) is 4. The van der Waals surface area contributed by atoms with Gasteiger partial charge in [-0.15, -0.1) is 0 Å². The standard InChI is InChI=1S/C20H21FN4O3S/c1-14(2)24(3)29(27,28)17-7-4-15(5-8-17)20(26)23-16-6-9-19(18(21)12-16)25-11-10-22-13-25/h4-14H,1-3H3,(H,23,26). The van der Waals surface area contributed by atoms with E-state index in [0.29, 0.717) is 5.69 Å². The van der Waals surface area contributed by atoms with Crippen LogP contribution in [-0.4, -0.2) is 41.3 Å². The molecule has 3 rings (SSSR count). The van der Waals surface area contributed by atoms with Crippen molar-refractivity contribution in [3.8, 4) is 5.69 Å². The van der Waals surface area contributed by atoms with E-state index in [1.807, 2.05) is 0 Å². The summed E-state index contributed by atoms with van der Waals surface area (Å²) < 4.78 is 42.1. The van der Waals surface area contributed by atoms with Crippen LogP contribution in [0.15, 0.2) is 66.1 Å². The van der Waals surface area contributed by atoms with Crippen LogP contribution in [0.2, 0.25) is 0 Å². The molecule has 0 aliphatic heterocycles. The second kappa shape index (κ2) is 8.14. The molecule has 0 atom stereocenters. The van der Waals surface area contributed by atoms with E-state index >= 15 is 0 Å². The Morgan fingerprint density at radius 2 is 1.86 bits per heavy atom. The van der Waals surface area contributed by atoms with E-state index in [2.05, 4.69) is 10.3 Å². The van der Waals surface area contributed by atoms with Crippen LogP contribution < -0.4 is 5.32 Å². The molecule has 0 aliphatic rings. The molecule has 1 amide bonds. The monoisotopic (exact) mass is 416 g/mol. The molecule has 0 aliphatic carbocycles. The van der Waals surface area contributed by atoms with Crippen LogP contribution in [-0.2, 0) is 10.0 Å². The predicted octanol–water partition coefficient (Wildman–Crippen LogP) is 3.29. The summed E-state index contributed by atoms with van der Waals surface area (Å²) in [7, 11) is -2.12. The van der Waals surface area contributed by atoms with Crippen LogP contribution in [0.5, 0.6) is 0 Å². The molecule has 0 saturated heterocycles. The number of aromatic nitrogens is 2. The summed E-state index contributed by atoms with van der Waals surface area (Å²) in [5.74, 6) is -0.986. The fourth-order valence-corrected chi connectivity index (χ4v) is 3.99. The van der Waals surface area contributed by atoms with Gasteiger partial charge in [0.1, 0.15) is 5.82 Å². The van der Waals surface area contributed by atoms with Gasteiger partial charge in [0.25, 0.3) is 5.91 Å². The molecule has 1 aromatic heterocycles. The molecule has 9 heteroatoms. The van der Waals surface area contributed by atoms with E-state index in [0.717, 1.165) is 0 Å². The molecule has 152 valence electrons. The third kappa shape index (κ3) is 4.36. The molecule has 29 heavy (non-hydrogen) atoms. The van der Waals surface area contributed by atoms with E-state index in [4.69, 9.17) is 0 Å².